The highest BCUT2D eigenvalue weighted by Crippen LogP contribution is 2.15. The molecule has 0 saturated heterocycles. The maximum atomic E-state index is 12.3. The summed E-state index contributed by atoms with van der Waals surface area (Å²) in [4.78, 5) is 12.3. The standard InChI is InChI=1S/C49H87NO3/c1-3-5-7-9-11-13-15-16-17-18-19-20-21-22-23-24-25-26-27-28-29-30-31-32-33-34-35-37-39-41-43-45-49(53)50-47(46-51)48(52)44-42-40-38-36-14-12-10-8-6-4-2/h5,7,11,13-14,16-17,19-20,36,42,44,47-48,51-52H,3-4,6,8-10,12,15,18,21-35,37-41,43,45-46H2,1-2H3,(H,50,53)/b7-5-,13-11-,17-16-,20-19-,36-14+,44-42+. The van der Waals surface area contributed by atoms with Crippen molar-refractivity contribution in [2.24, 2.45) is 0 Å². The van der Waals surface area contributed by atoms with Gasteiger partial charge in [-0.05, 0) is 70.6 Å². The van der Waals surface area contributed by atoms with Crippen LogP contribution in [0.4, 0.5) is 0 Å². The van der Waals surface area contributed by atoms with Crippen LogP contribution in [0.1, 0.15) is 213 Å². The first-order valence-electron chi connectivity index (χ1n) is 22.7. The van der Waals surface area contributed by atoms with E-state index in [0.29, 0.717) is 6.42 Å². The number of unbranched alkanes of at least 4 members (excludes halogenated alkanes) is 23. The van der Waals surface area contributed by atoms with Gasteiger partial charge in [-0.3, -0.25) is 4.79 Å². The average molecular weight is 738 g/mol. The van der Waals surface area contributed by atoms with Gasteiger partial charge in [-0.25, -0.2) is 0 Å². The monoisotopic (exact) mass is 738 g/mol. The predicted octanol–water partition coefficient (Wildman–Crippen LogP) is 14.3. The van der Waals surface area contributed by atoms with Gasteiger partial charge >= 0.3 is 0 Å². The molecule has 0 aromatic carbocycles. The number of hydrogen-bond donors (Lipinski definition) is 3. The first-order chi connectivity index (χ1) is 26.2. The van der Waals surface area contributed by atoms with Crippen molar-refractivity contribution < 1.29 is 15.0 Å². The van der Waals surface area contributed by atoms with Crippen molar-refractivity contribution in [2.45, 2.75) is 225 Å². The van der Waals surface area contributed by atoms with Gasteiger partial charge in [-0.1, -0.05) is 209 Å². The molecule has 0 fully saturated rings. The van der Waals surface area contributed by atoms with Crippen molar-refractivity contribution in [3.63, 3.8) is 0 Å². The Morgan fingerprint density at radius 2 is 0.849 bits per heavy atom. The van der Waals surface area contributed by atoms with Gasteiger partial charge in [0.1, 0.15) is 0 Å². The van der Waals surface area contributed by atoms with Gasteiger partial charge < -0.3 is 15.5 Å². The largest absolute Gasteiger partial charge is 0.394 e. The second-order valence-corrected chi connectivity index (χ2v) is 15.1. The molecule has 2 unspecified atom stereocenters. The van der Waals surface area contributed by atoms with E-state index in [1.807, 2.05) is 6.08 Å². The minimum atomic E-state index is -0.861. The number of allylic oxidation sites excluding steroid dienone is 11. The lowest BCUT2D eigenvalue weighted by Crippen LogP contribution is -2.45. The molecule has 0 heterocycles. The summed E-state index contributed by atoms with van der Waals surface area (Å²) in [5, 5.41) is 22.9. The maximum absolute atomic E-state index is 12.3. The highest BCUT2D eigenvalue weighted by Gasteiger charge is 2.17. The Hall–Kier alpha value is -2.17. The molecule has 0 spiro atoms. The molecule has 0 bridgehead atoms. The van der Waals surface area contributed by atoms with Gasteiger partial charge in [-0.2, -0.15) is 0 Å². The third-order valence-corrected chi connectivity index (χ3v) is 9.92. The summed E-state index contributed by atoms with van der Waals surface area (Å²) in [7, 11) is 0. The van der Waals surface area contributed by atoms with Crippen LogP contribution in [0.2, 0.25) is 0 Å². The molecule has 306 valence electrons. The average Bonchev–Trinajstić information content (AvgIpc) is 3.16. The van der Waals surface area contributed by atoms with E-state index in [0.717, 1.165) is 57.8 Å². The van der Waals surface area contributed by atoms with E-state index in [1.54, 1.807) is 6.08 Å². The highest BCUT2D eigenvalue weighted by atomic mass is 16.3. The van der Waals surface area contributed by atoms with Crippen LogP contribution in [-0.2, 0) is 4.79 Å². The fraction of sp³-hybridized carbons (Fsp3) is 0.735. The van der Waals surface area contributed by atoms with E-state index in [-0.39, 0.29) is 12.5 Å². The van der Waals surface area contributed by atoms with Crippen LogP contribution in [0.25, 0.3) is 0 Å². The summed E-state index contributed by atoms with van der Waals surface area (Å²) in [5.41, 5.74) is 0. The van der Waals surface area contributed by atoms with Crippen molar-refractivity contribution >= 4 is 5.91 Å². The Labute approximate surface area is 329 Å². The molecule has 4 nitrogen and oxygen atoms in total. The molecule has 0 saturated carbocycles. The zero-order valence-corrected chi connectivity index (χ0v) is 35.0. The van der Waals surface area contributed by atoms with Crippen LogP contribution < -0.4 is 5.32 Å². The Kier molecular flexibility index (Phi) is 42.4. The lowest BCUT2D eigenvalue weighted by molar-refractivity contribution is -0.123. The van der Waals surface area contributed by atoms with E-state index in [4.69, 9.17) is 0 Å². The number of amides is 1. The van der Waals surface area contributed by atoms with E-state index in [2.05, 4.69) is 79.9 Å². The van der Waals surface area contributed by atoms with E-state index >= 15 is 0 Å². The number of rotatable bonds is 40. The van der Waals surface area contributed by atoms with Crippen LogP contribution in [0.3, 0.4) is 0 Å². The van der Waals surface area contributed by atoms with Crippen molar-refractivity contribution in [1.82, 2.24) is 5.32 Å². The topological polar surface area (TPSA) is 69.6 Å². The minimum Gasteiger partial charge on any atom is -0.394 e. The van der Waals surface area contributed by atoms with Gasteiger partial charge in [0.25, 0.3) is 0 Å². The molecule has 53 heavy (non-hydrogen) atoms. The molecule has 0 radical (unpaired) electrons. The Morgan fingerprint density at radius 3 is 1.32 bits per heavy atom. The Balaban J connectivity index is 3.48. The van der Waals surface area contributed by atoms with E-state index < -0.39 is 12.1 Å². The first-order valence-corrected chi connectivity index (χ1v) is 22.7. The third-order valence-electron chi connectivity index (χ3n) is 9.92. The summed E-state index contributed by atoms with van der Waals surface area (Å²) in [6, 6.07) is -0.638. The molecule has 0 rings (SSSR count). The smallest absolute Gasteiger partial charge is 0.220 e. The normalized spacial score (nSPS) is 13.7. The summed E-state index contributed by atoms with van der Waals surface area (Å²) in [5.74, 6) is -0.0771. The Bertz CT molecular complexity index is 930. The summed E-state index contributed by atoms with van der Waals surface area (Å²) in [6.07, 6.45) is 63.2. The molecule has 0 aromatic heterocycles. The van der Waals surface area contributed by atoms with E-state index in [1.165, 1.54) is 135 Å². The number of carbonyl (C=O) groups is 1. The SMILES string of the molecule is CC/C=C\C/C=C\C/C=C\C/C=C\CCCCCCCCCCCCCCCCCCCCC(=O)NC(CO)C(O)/C=C/CC/C=C/CCCCCC. The fourth-order valence-corrected chi connectivity index (χ4v) is 6.48. The zero-order valence-electron chi connectivity index (χ0n) is 35.0. The van der Waals surface area contributed by atoms with Crippen molar-refractivity contribution in [3.05, 3.63) is 72.9 Å². The Morgan fingerprint density at radius 1 is 0.472 bits per heavy atom. The van der Waals surface area contributed by atoms with Gasteiger partial charge in [0, 0.05) is 6.42 Å². The molecule has 0 aromatic rings. The molecule has 2 atom stereocenters. The van der Waals surface area contributed by atoms with Crippen molar-refractivity contribution in [1.29, 1.82) is 0 Å². The first kappa shape index (κ1) is 50.8. The van der Waals surface area contributed by atoms with Crippen LogP contribution in [0.15, 0.2) is 72.9 Å². The molecule has 0 aliphatic carbocycles. The molecular formula is C49H87NO3. The third kappa shape index (κ3) is 40.8. The molecular weight excluding hydrogens is 651 g/mol. The second kappa shape index (κ2) is 44.2. The van der Waals surface area contributed by atoms with Crippen LogP contribution in [0.5, 0.6) is 0 Å². The second-order valence-electron chi connectivity index (χ2n) is 15.1. The molecule has 4 heteroatoms. The van der Waals surface area contributed by atoms with Crippen LogP contribution in [0, 0.1) is 0 Å². The highest BCUT2D eigenvalue weighted by molar-refractivity contribution is 5.76. The molecule has 3 N–H and O–H groups in total. The maximum Gasteiger partial charge on any atom is 0.220 e. The summed E-state index contributed by atoms with van der Waals surface area (Å²) < 4.78 is 0. The molecule has 0 aliphatic heterocycles. The minimum absolute atomic E-state index is 0.0771. The molecule has 0 aliphatic rings. The van der Waals surface area contributed by atoms with Crippen LogP contribution in [-0.4, -0.2) is 34.9 Å². The summed E-state index contributed by atoms with van der Waals surface area (Å²) >= 11 is 0. The zero-order chi connectivity index (χ0) is 38.6. The number of aliphatic hydroxyl groups excluding tert-OH is 2. The predicted molar refractivity (Wildman–Crippen MR) is 234 cm³/mol. The van der Waals surface area contributed by atoms with Crippen LogP contribution >= 0.6 is 0 Å². The number of nitrogens with one attached hydrogen (secondary N) is 1. The van der Waals surface area contributed by atoms with Crippen molar-refractivity contribution in [3.8, 4) is 0 Å². The van der Waals surface area contributed by atoms with Gasteiger partial charge in [0.2, 0.25) is 5.91 Å². The number of hydrogen-bond acceptors (Lipinski definition) is 3. The van der Waals surface area contributed by atoms with Gasteiger partial charge in [-0.15, -0.1) is 0 Å². The quantitative estimate of drug-likeness (QED) is 0.0433. The molecule has 1 amide bonds. The van der Waals surface area contributed by atoms with Gasteiger partial charge in [0.15, 0.2) is 0 Å². The fourth-order valence-electron chi connectivity index (χ4n) is 6.48. The number of aliphatic hydroxyl groups is 2. The van der Waals surface area contributed by atoms with Crippen molar-refractivity contribution in [2.75, 3.05) is 6.61 Å². The lowest BCUT2D eigenvalue weighted by Gasteiger charge is -2.19. The summed E-state index contributed by atoms with van der Waals surface area (Å²) in [6.45, 7) is 4.14. The van der Waals surface area contributed by atoms with Gasteiger partial charge in [0.05, 0.1) is 18.8 Å². The number of carbonyl (C=O) groups excluding carboxylic acids is 1. The lowest BCUT2D eigenvalue weighted by atomic mass is 10.0. The van der Waals surface area contributed by atoms with E-state index in [9.17, 15) is 15.0 Å².